The molecule has 0 saturated carbocycles. The zero-order valence-corrected chi connectivity index (χ0v) is 15.2. The number of benzene rings is 1. The van der Waals surface area contributed by atoms with Gasteiger partial charge in [-0.25, -0.2) is 0 Å². The molecule has 0 radical (unpaired) electrons. The highest BCUT2D eigenvalue weighted by atomic mass is 32.1. The van der Waals surface area contributed by atoms with Crippen molar-refractivity contribution in [3.63, 3.8) is 0 Å². The molecule has 1 heterocycles. The van der Waals surface area contributed by atoms with E-state index >= 15 is 0 Å². The number of amides is 1. The summed E-state index contributed by atoms with van der Waals surface area (Å²) >= 11 is 1.52. The lowest BCUT2D eigenvalue weighted by Gasteiger charge is -2.12. The van der Waals surface area contributed by atoms with Gasteiger partial charge in [-0.05, 0) is 43.4 Å². The predicted molar refractivity (Wildman–Crippen MR) is 97.8 cm³/mol. The maximum atomic E-state index is 12.8. The van der Waals surface area contributed by atoms with Crippen LogP contribution >= 0.6 is 11.3 Å². The Labute approximate surface area is 151 Å². The number of thiophene rings is 1. The van der Waals surface area contributed by atoms with Gasteiger partial charge in [0.15, 0.2) is 11.5 Å². The predicted octanol–water partition coefficient (Wildman–Crippen LogP) is 4.16. The van der Waals surface area contributed by atoms with Gasteiger partial charge in [-0.3, -0.25) is 4.79 Å². The van der Waals surface area contributed by atoms with Crippen LogP contribution in [0.25, 0.3) is 0 Å². The molecule has 1 amide bonds. The molecule has 130 valence electrons. The number of nitrogens with one attached hydrogen (secondary N) is 1. The number of rotatable bonds is 4. The van der Waals surface area contributed by atoms with Gasteiger partial charge in [0.25, 0.3) is 5.91 Å². The highest BCUT2D eigenvalue weighted by Gasteiger charge is 2.23. The molecule has 0 fully saturated rings. The second-order valence-electron chi connectivity index (χ2n) is 5.88. The highest BCUT2D eigenvalue weighted by Crippen LogP contribution is 2.38. The summed E-state index contributed by atoms with van der Waals surface area (Å²) in [6.45, 7) is 0. The lowest BCUT2D eigenvalue weighted by molar-refractivity contribution is 0.102. The fourth-order valence-electron chi connectivity index (χ4n) is 3.19. The van der Waals surface area contributed by atoms with Crippen molar-refractivity contribution in [2.24, 2.45) is 0 Å². The van der Waals surface area contributed by atoms with Gasteiger partial charge in [0, 0.05) is 4.88 Å². The molecule has 1 N–H and O–H groups in total. The average molecular weight is 356 g/mol. The Kier molecular flexibility index (Phi) is 5.25. The monoisotopic (exact) mass is 356 g/mol. The van der Waals surface area contributed by atoms with E-state index in [2.05, 4.69) is 11.4 Å². The summed E-state index contributed by atoms with van der Waals surface area (Å²) in [5.41, 5.74) is 2.10. The minimum atomic E-state index is -0.302. The van der Waals surface area contributed by atoms with Gasteiger partial charge in [0.2, 0.25) is 0 Å². The Morgan fingerprint density at radius 3 is 2.72 bits per heavy atom. The third-order valence-electron chi connectivity index (χ3n) is 4.41. The van der Waals surface area contributed by atoms with Crippen LogP contribution in [0.1, 0.15) is 45.6 Å². The first-order chi connectivity index (χ1) is 12.2. The van der Waals surface area contributed by atoms with Gasteiger partial charge < -0.3 is 14.8 Å². The largest absolute Gasteiger partial charge is 0.493 e. The quantitative estimate of drug-likeness (QED) is 0.835. The molecule has 6 heteroatoms. The van der Waals surface area contributed by atoms with Crippen molar-refractivity contribution in [1.29, 1.82) is 5.26 Å². The topological polar surface area (TPSA) is 71.3 Å². The maximum Gasteiger partial charge on any atom is 0.260 e. The number of methoxy groups -OCH3 is 2. The molecule has 0 unspecified atom stereocenters. The molecular weight excluding hydrogens is 336 g/mol. The third kappa shape index (κ3) is 3.33. The smallest absolute Gasteiger partial charge is 0.260 e. The average Bonchev–Trinajstić information content (AvgIpc) is 2.79. The summed E-state index contributed by atoms with van der Waals surface area (Å²) in [6.07, 6.45) is 5.31. The molecule has 0 atom stereocenters. The van der Waals surface area contributed by atoms with Crippen molar-refractivity contribution in [2.75, 3.05) is 19.5 Å². The number of nitrogens with zero attached hydrogens (tertiary/aromatic N) is 1. The van der Waals surface area contributed by atoms with Crippen LogP contribution in [0.15, 0.2) is 18.2 Å². The Morgan fingerprint density at radius 2 is 2.00 bits per heavy atom. The molecule has 0 aliphatic heterocycles. The van der Waals surface area contributed by atoms with Crippen LogP contribution < -0.4 is 14.8 Å². The summed E-state index contributed by atoms with van der Waals surface area (Å²) in [5, 5.41) is 13.1. The van der Waals surface area contributed by atoms with Gasteiger partial charge in [-0.1, -0.05) is 12.5 Å². The van der Waals surface area contributed by atoms with Crippen molar-refractivity contribution in [1.82, 2.24) is 0 Å². The number of anilines is 1. The lowest BCUT2D eigenvalue weighted by Crippen LogP contribution is -2.13. The number of ether oxygens (including phenoxy) is 2. The minimum Gasteiger partial charge on any atom is -0.493 e. The van der Waals surface area contributed by atoms with Crippen LogP contribution in [0, 0.1) is 11.3 Å². The van der Waals surface area contributed by atoms with E-state index in [1.54, 1.807) is 18.2 Å². The van der Waals surface area contributed by atoms with Crippen LogP contribution in [0.3, 0.4) is 0 Å². The maximum absolute atomic E-state index is 12.8. The van der Waals surface area contributed by atoms with Crippen molar-refractivity contribution >= 4 is 22.2 Å². The molecule has 0 bridgehead atoms. The van der Waals surface area contributed by atoms with E-state index in [1.165, 1.54) is 36.9 Å². The van der Waals surface area contributed by atoms with Crippen LogP contribution in [0.5, 0.6) is 11.5 Å². The van der Waals surface area contributed by atoms with E-state index in [9.17, 15) is 10.1 Å². The van der Waals surface area contributed by atoms with Crippen molar-refractivity contribution < 1.29 is 14.3 Å². The zero-order valence-electron chi connectivity index (χ0n) is 14.3. The van der Waals surface area contributed by atoms with Crippen LogP contribution in [0.2, 0.25) is 0 Å². The molecule has 1 aliphatic carbocycles. The van der Waals surface area contributed by atoms with Crippen LogP contribution in [-0.4, -0.2) is 20.1 Å². The van der Waals surface area contributed by atoms with E-state index in [-0.39, 0.29) is 5.91 Å². The Hall–Kier alpha value is -2.52. The summed E-state index contributed by atoms with van der Waals surface area (Å²) in [5.74, 6) is 0.584. The van der Waals surface area contributed by atoms with Crippen molar-refractivity contribution in [3.8, 4) is 17.6 Å². The Balaban J connectivity index is 1.93. The fraction of sp³-hybridized carbons (Fsp3) is 0.368. The van der Waals surface area contributed by atoms with Crippen molar-refractivity contribution in [3.05, 3.63) is 39.8 Å². The first-order valence-corrected chi connectivity index (χ1v) is 9.08. The van der Waals surface area contributed by atoms with Gasteiger partial charge >= 0.3 is 0 Å². The molecule has 25 heavy (non-hydrogen) atoms. The van der Waals surface area contributed by atoms with E-state index in [0.29, 0.717) is 27.6 Å². The molecule has 1 aromatic carbocycles. The second-order valence-corrected chi connectivity index (χ2v) is 6.98. The van der Waals surface area contributed by atoms with E-state index in [4.69, 9.17) is 9.47 Å². The standard InChI is InChI=1S/C19H20N2O3S/c1-23-15-9-6-8-13(17(15)24-2)18(22)21-19-14(11-20)12-7-4-3-5-10-16(12)25-19/h6,8-9H,3-5,7,10H2,1-2H3,(H,21,22). The first kappa shape index (κ1) is 17.3. The van der Waals surface area contributed by atoms with Crippen LogP contribution in [-0.2, 0) is 12.8 Å². The minimum absolute atomic E-state index is 0.302. The second kappa shape index (κ2) is 7.58. The van der Waals surface area contributed by atoms with Gasteiger partial charge in [0.05, 0.1) is 25.3 Å². The fourth-order valence-corrected chi connectivity index (χ4v) is 4.42. The molecule has 0 saturated heterocycles. The summed E-state index contributed by atoms with van der Waals surface area (Å²) in [4.78, 5) is 14.0. The SMILES string of the molecule is COc1cccc(C(=O)Nc2sc3c(c2C#N)CCCCC3)c1OC. The third-order valence-corrected chi connectivity index (χ3v) is 5.61. The lowest BCUT2D eigenvalue weighted by atomic mass is 10.1. The van der Waals surface area contributed by atoms with Gasteiger partial charge in [-0.2, -0.15) is 5.26 Å². The molecular formula is C19H20N2O3S. The van der Waals surface area contributed by atoms with Gasteiger partial charge in [0.1, 0.15) is 11.1 Å². The molecule has 1 aliphatic rings. The number of hydrogen-bond donors (Lipinski definition) is 1. The number of para-hydroxylation sites is 1. The number of carbonyl (C=O) groups is 1. The molecule has 1 aromatic heterocycles. The Bertz CT molecular complexity index is 836. The van der Waals surface area contributed by atoms with Crippen molar-refractivity contribution in [2.45, 2.75) is 32.1 Å². The van der Waals surface area contributed by atoms with E-state index in [0.717, 1.165) is 31.2 Å². The zero-order chi connectivity index (χ0) is 17.8. The normalized spacial score (nSPS) is 13.3. The number of fused-ring (bicyclic) bond motifs is 1. The van der Waals surface area contributed by atoms with E-state index < -0.39 is 0 Å². The number of aryl methyl sites for hydroxylation is 1. The number of nitriles is 1. The van der Waals surface area contributed by atoms with E-state index in [1.807, 2.05) is 0 Å². The molecule has 3 rings (SSSR count). The number of hydrogen-bond acceptors (Lipinski definition) is 5. The first-order valence-electron chi connectivity index (χ1n) is 8.26. The number of carbonyl (C=O) groups excluding carboxylic acids is 1. The highest BCUT2D eigenvalue weighted by molar-refractivity contribution is 7.16. The van der Waals surface area contributed by atoms with Crippen LogP contribution in [0.4, 0.5) is 5.00 Å². The Morgan fingerprint density at radius 1 is 1.20 bits per heavy atom. The summed E-state index contributed by atoms with van der Waals surface area (Å²) < 4.78 is 10.6. The molecule has 0 spiro atoms. The molecule has 5 nitrogen and oxygen atoms in total. The summed E-state index contributed by atoms with van der Waals surface area (Å²) in [6, 6.07) is 7.44. The van der Waals surface area contributed by atoms with Gasteiger partial charge in [-0.15, -0.1) is 11.3 Å². The molecule has 2 aromatic rings. The summed E-state index contributed by atoms with van der Waals surface area (Å²) in [7, 11) is 3.03.